The first-order valence-corrected chi connectivity index (χ1v) is 5.52. The molecule has 70 valence electrons. The minimum Gasteiger partial charge on any atom is -0.385 e. The van der Waals surface area contributed by atoms with Crippen LogP contribution in [0.1, 0.15) is 23.1 Å². The lowest BCUT2D eigenvalue weighted by Crippen LogP contribution is -2.14. The van der Waals surface area contributed by atoms with Crippen molar-refractivity contribution in [3.05, 3.63) is 27.2 Å². The third kappa shape index (κ3) is 1.48. The summed E-state index contributed by atoms with van der Waals surface area (Å²) in [7, 11) is 0. The number of hydrogen-bond acceptors (Lipinski definition) is 1. The molecule has 0 radical (unpaired) electrons. The lowest BCUT2D eigenvalue weighted by Gasteiger charge is -2.22. The number of halogens is 1. The minimum absolute atomic E-state index is 1.12. The van der Waals surface area contributed by atoms with Crippen LogP contribution >= 0.6 is 15.9 Å². The molecule has 0 aromatic heterocycles. The predicted octanol–water partition coefficient (Wildman–Crippen LogP) is 3.42. The first kappa shape index (κ1) is 9.07. The summed E-state index contributed by atoms with van der Waals surface area (Å²) in [4.78, 5) is 0. The Hall–Kier alpha value is -0.500. The highest BCUT2D eigenvalue weighted by Crippen LogP contribution is 2.33. The van der Waals surface area contributed by atoms with Crippen LogP contribution in [-0.2, 0) is 6.42 Å². The van der Waals surface area contributed by atoms with Crippen LogP contribution in [-0.4, -0.2) is 6.54 Å². The average molecular weight is 240 g/mol. The molecule has 0 saturated carbocycles. The van der Waals surface area contributed by atoms with Crippen LogP contribution in [0.5, 0.6) is 0 Å². The van der Waals surface area contributed by atoms with Gasteiger partial charge in [-0.1, -0.05) is 15.9 Å². The Morgan fingerprint density at radius 2 is 2.15 bits per heavy atom. The zero-order valence-corrected chi connectivity index (χ0v) is 9.66. The smallest absolute Gasteiger partial charge is 0.0405 e. The summed E-state index contributed by atoms with van der Waals surface area (Å²) < 4.78 is 1.24. The summed E-state index contributed by atoms with van der Waals surface area (Å²) in [6, 6.07) is 2.20. The minimum atomic E-state index is 1.12. The summed E-state index contributed by atoms with van der Waals surface area (Å²) in [6.45, 7) is 5.48. The molecule has 1 N–H and O–H groups in total. The molecule has 0 spiro atoms. The fourth-order valence-corrected chi connectivity index (χ4v) is 2.56. The standard InChI is InChI=1S/C11H14BrN/c1-7-6-10(12)8(2)9-4-3-5-13-11(7)9/h6,13H,3-5H2,1-2H3. The van der Waals surface area contributed by atoms with Gasteiger partial charge in [-0.15, -0.1) is 0 Å². The number of aryl methyl sites for hydroxylation is 1. The van der Waals surface area contributed by atoms with Gasteiger partial charge in [-0.25, -0.2) is 0 Å². The van der Waals surface area contributed by atoms with Crippen LogP contribution in [0.15, 0.2) is 10.5 Å². The SMILES string of the molecule is Cc1cc(Br)c(C)c2c1NCCC2. The van der Waals surface area contributed by atoms with Gasteiger partial charge in [0.15, 0.2) is 0 Å². The van der Waals surface area contributed by atoms with E-state index >= 15 is 0 Å². The van der Waals surface area contributed by atoms with Gasteiger partial charge >= 0.3 is 0 Å². The number of benzene rings is 1. The van der Waals surface area contributed by atoms with Gasteiger partial charge in [-0.3, -0.25) is 0 Å². The molecular weight excluding hydrogens is 226 g/mol. The molecule has 0 amide bonds. The topological polar surface area (TPSA) is 12.0 Å². The van der Waals surface area contributed by atoms with Crippen LogP contribution in [0.3, 0.4) is 0 Å². The lowest BCUT2D eigenvalue weighted by atomic mass is 9.95. The molecule has 0 unspecified atom stereocenters. The molecule has 1 nitrogen and oxygen atoms in total. The van der Waals surface area contributed by atoms with Crippen LogP contribution < -0.4 is 5.32 Å². The summed E-state index contributed by atoms with van der Waals surface area (Å²) in [6.07, 6.45) is 2.47. The summed E-state index contributed by atoms with van der Waals surface area (Å²) in [5.41, 5.74) is 5.62. The number of nitrogens with one attached hydrogen (secondary N) is 1. The lowest BCUT2D eigenvalue weighted by molar-refractivity contribution is 0.820. The fourth-order valence-electron chi connectivity index (χ4n) is 1.98. The van der Waals surface area contributed by atoms with Crippen molar-refractivity contribution in [3.63, 3.8) is 0 Å². The number of hydrogen-bond donors (Lipinski definition) is 1. The fraction of sp³-hybridized carbons (Fsp3) is 0.455. The van der Waals surface area contributed by atoms with E-state index < -0.39 is 0 Å². The van der Waals surface area contributed by atoms with Crippen molar-refractivity contribution in [3.8, 4) is 0 Å². The molecule has 2 heteroatoms. The van der Waals surface area contributed by atoms with E-state index in [2.05, 4.69) is 41.2 Å². The molecule has 0 atom stereocenters. The first-order chi connectivity index (χ1) is 6.20. The van der Waals surface area contributed by atoms with Crippen molar-refractivity contribution >= 4 is 21.6 Å². The van der Waals surface area contributed by atoms with E-state index in [1.807, 2.05) is 0 Å². The van der Waals surface area contributed by atoms with E-state index in [1.54, 1.807) is 0 Å². The van der Waals surface area contributed by atoms with E-state index in [4.69, 9.17) is 0 Å². The Labute approximate surface area is 87.7 Å². The van der Waals surface area contributed by atoms with Gasteiger partial charge in [0.2, 0.25) is 0 Å². The maximum atomic E-state index is 3.60. The molecule has 0 aliphatic carbocycles. The van der Waals surface area contributed by atoms with Gasteiger partial charge in [0.05, 0.1) is 0 Å². The summed E-state index contributed by atoms with van der Waals surface area (Å²) in [5.74, 6) is 0. The van der Waals surface area contributed by atoms with Crippen LogP contribution in [0.2, 0.25) is 0 Å². The van der Waals surface area contributed by atoms with Crippen molar-refractivity contribution in [2.45, 2.75) is 26.7 Å². The highest BCUT2D eigenvalue weighted by molar-refractivity contribution is 9.10. The second kappa shape index (κ2) is 3.33. The Bertz CT molecular complexity index is 344. The van der Waals surface area contributed by atoms with Crippen LogP contribution in [0, 0.1) is 13.8 Å². The predicted molar refractivity (Wildman–Crippen MR) is 60.4 cm³/mol. The monoisotopic (exact) mass is 239 g/mol. The largest absolute Gasteiger partial charge is 0.385 e. The molecule has 1 aliphatic rings. The summed E-state index contributed by atoms with van der Waals surface area (Å²) in [5, 5.41) is 3.48. The average Bonchev–Trinajstić information content (AvgIpc) is 2.15. The molecule has 1 aromatic carbocycles. The van der Waals surface area contributed by atoms with Crippen molar-refractivity contribution in [1.29, 1.82) is 0 Å². The quantitative estimate of drug-likeness (QED) is 0.732. The van der Waals surface area contributed by atoms with Crippen molar-refractivity contribution in [2.24, 2.45) is 0 Å². The first-order valence-electron chi connectivity index (χ1n) is 4.72. The molecule has 0 bridgehead atoms. The second-order valence-corrected chi connectivity index (χ2v) is 4.54. The van der Waals surface area contributed by atoms with Gasteiger partial charge < -0.3 is 5.32 Å². The zero-order chi connectivity index (χ0) is 9.42. The normalized spacial score (nSPS) is 15.0. The van der Waals surface area contributed by atoms with Gasteiger partial charge in [0, 0.05) is 16.7 Å². The molecule has 1 aliphatic heterocycles. The number of rotatable bonds is 0. The van der Waals surface area contributed by atoms with E-state index in [9.17, 15) is 0 Å². The second-order valence-electron chi connectivity index (χ2n) is 3.68. The summed E-state index contributed by atoms with van der Waals surface area (Å²) >= 11 is 3.60. The molecule has 1 aromatic rings. The Balaban J connectivity index is 2.63. The van der Waals surface area contributed by atoms with Gasteiger partial charge in [-0.05, 0) is 49.4 Å². The van der Waals surface area contributed by atoms with Crippen molar-refractivity contribution in [2.75, 3.05) is 11.9 Å². The van der Waals surface area contributed by atoms with Gasteiger partial charge in [0.25, 0.3) is 0 Å². The highest BCUT2D eigenvalue weighted by Gasteiger charge is 2.14. The maximum absolute atomic E-state index is 3.60. The Morgan fingerprint density at radius 1 is 1.38 bits per heavy atom. The molecule has 13 heavy (non-hydrogen) atoms. The van der Waals surface area contributed by atoms with Gasteiger partial charge in [-0.2, -0.15) is 0 Å². The highest BCUT2D eigenvalue weighted by atomic mass is 79.9. The zero-order valence-electron chi connectivity index (χ0n) is 8.08. The van der Waals surface area contributed by atoms with E-state index in [0.717, 1.165) is 6.54 Å². The molecule has 0 saturated heterocycles. The van der Waals surface area contributed by atoms with E-state index in [-0.39, 0.29) is 0 Å². The molecule has 1 heterocycles. The molecule has 0 fully saturated rings. The number of anilines is 1. The van der Waals surface area contributed by atoms with Gasteiger partial charge in [0.1, 0.15) is 0 Å². The molecule has 2 rings (SSSR count). The van der Waals surface area contributed by atoms with Crippen LogP contribution in [0.4, 0.5) is 5.69 Å². The van der Waals surface area contributed by atoms with Crippen LogP contribution in [0.25, 0.3) is 0 Å². The Morgan fingerprint density at radius 3 is 2.92 bits per heavy atom. The third-order valence-corrected chi connectivity index (χ3v) is 3.58. The Kier molecular flexibility index (Phi) is 2.33. The van der Waals surface area contributed by atoms with Crippen molar-refractivity contribution < 1.29 is 0 Å². The molecular formula is C11H14BrN. The van der Waals surface area contributed by atoms with E-state index in [0.29, 0.717) is 0 Å². The third-order valence-electron chi connectivity index (χ3n) is 2.76. The van der Waals surface area contributed by atoms with Crippen molar-refractivity contribution in [1.82, 2.24) is 0 Å². The number of fused-ring (bicyclic) bond motifs is 1. The van der Waals surface area contributed by atoms with E-state index in [1.165, 1.54) is 39.7 Å². The maximum Gasteiger partial charge on any atom is 0.0405 e.